The fraction of sp³-hybridized carbons (Fsp3) is 0.350. The molecule has 0 aromatic heterocycles. The maximum Gasteiger partial charge on any atom is 0.387 e. The summed E-state index contributed by atoms with van der Waals surface area (Å²) in [5.41, 5.74) is 1.57. The molecule has 1 saturated carbocycles. The SMILES string of the molecule is COc1ccc(-c2cc(NC(=O)COCC3CC3)ccc2OC(F)F)cc1. The number of rotatable bonds is 9. The van der Waals surface area contributed by atoms with E-state index in [0.717, 1.165) is 12.8 Å². The molecule has 2 aromatic rings. The number of benzene rings is 2. The zero-order chi connectivity index (χ0) is 19.2. The molecule has 0 aliphatic heterocycles. The number of hydrogen-bond donors (Lipinski definition) is 1. The molecule has 2 aromatic carbocycles. The van der Waals surface area contributed by atoms with Crippen molar-refractivity contribution in [3.63, 3.8) is 0 Å². The largest absolute Gasteiger partial charge is 0.497 e. The number of carbonyl (C=O) groups is 1. The predicted molar refractivity (Wildman–Crippen MR) is 97.2 cm³/mol. The Hall–Kier alpha value is -2.67. The second-order valence-electron chi connectivity index (χ2n) is 6.32. The van der Waals surface area contributed by atoms with Gasteiger partial charge in [0.15, 0.2) is 0 Å². The molecule has 0 saturated heterocycles. The molecule has 0 radical (unpaired) electrons. The fourth-order valence-electron chi connectivity index (χ4n) is 2.60. The number of halogens is 2. The first-order valence-corrected chi connectivity index (χ1v) is 8.66. The molecule has 0 atom stereocenters. The summed E-state index contributed by atoms with van der Waals surface area (Å²) in [6.45, 7) is -2.40. The van der Waals surface area contributed by atoms with Crippen LogP contribution in [-0.4, -0.2) is 32.8 Å². The van der Waals surface area contributed by atoms with E-state index in [1.165, 1.54) is 12.1 Å². The van der Waals surface area contributed by atoms with E-state index >= 15 is 0 Å². The van der Waals surface area contributed by atoms with Gasteiger partial charge in [0.25, 0.3) is 0 Å². The number of alkyl halides is 2. The van der Waals surface area contributed by atoms with E-state index < -0.39 is 6.61 Å². The lowest BCUT2D eigenvalue weighted by Crippen LogP contribution is -2.19. The normalized spacial score (nSPS) is 13.5. The Morgan fingerprint density at radius 1 is 1.19 bits per heavy atom. The van der Waals surface area contributed by atoms with Gasteiger partial charge in [-0.05, 0) is 54.7 Å². The average molecular weight is 377 g/mol. The molecule has 1 N–H and O–H groups in total. The summed E-state index contributed by atoms with van der Waals surface area (Å²) in [6.07, 6.45) is 2.30. The summed E-state index contributed by atoms with van der Waals surface area (Å²) in [7, 11) is 1.54. The Balaban J connectivity index is 1.75. The number of ether oxygens (including phenoxy) is 3. The standard InChI is InChI=1S/C20H21F2NO4/c1-25-16-7-4-14(5-8-16)17-10-15(6-9-18(17)27-20(21)22)23-19(24)12-26-11-13-2-3-13/h4-10,13,20H,2-3,11-12H2,1H3,(H,23,24). The topological polar surface area (TPSA) is 56.8 Å². The molecule has 144 valence electrons. The van der Waals surface area contributed by atoms with Gasteiger partial charge in [-0.2, -0.15) is 8.78 Å². The van der Waals surface area contributed by atoms with Crippen LogP contribution < -0.4 is 14.8 Å². The van der Waals surface area contributed by atoms with Crippen LogP contribution in [0.5, 0.6) is 11.5 Å². The molecule has 3 rings (SSSR count). The number of carbonyl (C=O) groups excluding carboxylic acids is 1. The third kappa shape index (κ3) is 5.65. The monoisotopic (exact) mass is 377 g/mol. The number of anilines is 1. The zero-order valence-electron chi connectivity index (χ0n) is 14.9. The Morgan fingerprint density at radius 2 is 1.93 bits per heavy atom. The zero-order valence-corrected chi connectivity index (χ0v) is 14.9. The van der Waals surface area contributed by atoms with Crippen molar-refractivity contribution >= 4 is 11.6 Å². The predicted octanol–water partition coefficient (Wildman–Crippen LogP) is 4.33. The first kappa shape index (κ1) is 19.1. The van der Waals surface area contributed by atoms with E-state index in [1.54, 1.807) is 37.4 Å². The van der Waals surface area contributed by atoms with E-state index in [9.17, 15) is 13.6 Å². The number of amides is 1. The summed E-state index contributed by atoms with van der Waals surface area (Å²) < 4.78 is 40.5. The quantitative estimate of drug-likeness (QED) is 0.707. The second-order valence-corrected chi connectivity index (χ2v) is 6.32. The van der Waals surface area contributed by atoms with Crippen LogP contribution in [0.4, 0.5) is 14.5 Å². The minimum atomic E-state index is -2.95. The van der Waals surface area contributed by atoms with Crippen LogP contribution in [0.15, 0.2) is 42.5 Å². The molecular weight excluding hydrogens is 356 g/mol. The highest BCUT2D eigenvalue weighted by atomic mass is 19.3. The van der Waals surface area contributed by atoms with Crippen LogP contribution in [0.25, 0.3) is 11.1 Å². The van der Waals surface area contributed by atoms with Gasteiger partial charge >= 0.3 is 6.61 Å². The van der Waals surface area contributed by atoms with Gasteiger partial charge in [0.05, 0.1) is 13.7 Å². The van der Waals surface area contributed by atoms with Crippen LogP contribution in [0, 0.1) is 5.92 Å². The third-order valence-electron chi connectivity index (χ3n) is 4.16. The maximum absolute atomic E-state index is 12.7. The van der Waals surface area contributed by atoms with Crippen LogP contribution >= 0.6 is 0 Å². The lowest BCUT2D eigenvalue weighted by Gasteiger charge is -2.14. The molecule has 7 heteroatoms. The second kappa shape index (κ2) is 8.81. The number of nitrogens with one attached hydrogen (secondary N) is 1. The molecule has 0 heterocycles. The van der Waals surface area contributed by atoms with Crippen LogP contribution in [0.3, 0.4) is 0 Å². The van der Waals surface area contributed by atoms with Gasteiger partial charge in [0.1, 0.15) is 18.1 Å². The molecule has 5 nitrogen and oxygen atoms in total. The lowest BCUT2D eigenvalue weighted by atomic mass is 10.0. The molecule has 1 fully saturated rings. The summed E-state index contributed by atoms with van der Waals surface area (Å²) >= 11 is 0. The average Bonchev–Trinajstić information content (AvgIpc) is 3.47. The molecule has 1 aliphatic carbocycles. The Kier molecular flexibility index (Phi) is 6.24. The highest BCUT2D eigenvalue weighted by molar-refractivity contribution is 5.93. The molecule has 27 heavy (non-hydrogen) atoms. The van der Waals surface area contributed by atoms with E-state index in [-0.39, 0.29) is 18.3 Å². The van der Waals surface area contributed by atoms with Crippen molar-refractivity contribution in [3.8, 4) is 22.6 Å². The van der Waals surface area contributed by atoms with Crippen molar-refractivity contribution in [3.05, 3.63) is 42.5 Å². The van der Waals surface area contributed by atoms with Gasteiger partial charge in [0, 0.05) is 11.3 Å². The first-order valence-electron chi connectivity index (χ1n) is 8.66. The molecule has 1 amide bonds. The van der Waals surface area contributed by atoms with E-state index in [0.29, 0.717) is 35.1 Å². The minimum Gasteiger partial charge on any atom is -0.497 e. The van der Waals surface area contributed by atoms with Crippen molar-refractivity contribution in [2.24, 2.45) is 5.92 Å². The molecule has 0 spiro atoms. The molecule has 1 aliphatic rings. The van der Waals surface area contributed by atoms with Gasteiger partial charge in [-0.3, -0.25) is 4.79 Å². The fourth-order valence-corrected chi connectivity index (χ4v) is 2.60. The van der Waals surface area contributed by atoms with Crippen molar-refractivity contribution in [2.75, 3.05) is 25.6 Å². The van der Waals surface area contributed by atoms with Crippen LogP contribution in [0.1, 0.15) is 12.8 Å². The highest BCUT2D eigenvalue weighted by Crippen LogP contribution is 2.34. The smallest absolute Gasteiger partial charge is 0.387 e. The van der Waals surface area contributed by atoms with E-state index in [2.05, 4.69) is 10.1 Å². The van der Waals surface area contributed by atoms with Gasteiger partial charge < -0.3 is 19.5 Å². The summed E-state index contributed by atoms with van der Waals surface area (Å²) in [5.74, 6) is 0.953. The maximum atomic E-state index is 12.7. The molecule has 0 unspecified atom stereocenters. The summed E-state index contributed by atoms with van der Waals surface area (Å²) in [4.78, 5) is 12.0. The number of hydrogen-bond acceptors (Lipinski definition) is 4. The van der Waals surface area contributed by atoms with Crippen LogP contribution in [0.2, 0.25) is 0 Å². The molecular formula is C20H21F2NO4. The highest BCUT2D eigenvalue weighted by Gasteiger charge is 2.21. The summed E-state index contributed by atoms with van der Waals surface area (Å²) in [6, 6.07) is 11.4. The summed E-state index contributed by atoms with van der Waals surface area (Å²) in [5, 5.41) is 2.72. The van der Waals surface area contributed by atoms with Crippen molar-refractivity contribution in [1.29, 1.82) is 0 Å². The first-order chi connectivity index (χ1) is 13.0. The van der Waals surface area contributed by atoms with Gasteiger partial charge in [-0.15, -0.1) is 0 Å². The third-order valence-corrected chi connectivity index (χ3v) is 4.16. The van der Waals surface area contributed by atoms with Crippen molar-refractivity contribution in [1.82, 2.24) is 0 Å². The van der Waals surface area contributed by atoms with Gasteiger partial charge in [-0.25, -0.2) is 0 Å². The van der Waals surface area contributed by atoms with Crippen molar-refractivity contribution in [2.45, 2.75) is 19.5 Å². The Bertz CT molecular complexity index is 776. The Labute approximate surface area is 156 Å². The van der Waals surface area contributed by atoms with Crippen LogP contribution in [-0.2, 0) is 9.53 Å². The minimum absolute atomic E-state index is 0.0261. The lowest BCUT2D eigenvalue weighted by molar-refractivity contribution is -0.120. The van der Waals surface area contributed by atoms with Gasteiger partial charge in [0.2, 0.25) is 5.91 Å². The van der Waals surface area contributed by atoms with Gasteiger partial charge in [-0.1, -0.05) is 12.1 Å². The van der Waals surface area contributed by atoms with E-state index in [4.69, 9.17) is 9.47 Å². The van der Waals surface area contributed by atoms with E-state index in [1.807, 2.05) is 0 Å². The Morgan fingerprint density at radius 3 is 2.56 bits per heavy atom. The number of methoxy groups -OCH3 is 1. The van der Waals surface area contributed by atoms with Crippen molar-refractivity contribution < 1.29 is 27.8 Å². The molecule has 0 bridgehead atoms.